The molecule has 1 aromatic heterocycles. The first-order valence-corrected chi connectivity index (χ1v) is 6.14. The number of hydrogen-bond acceptors (Lipinski definition) is 2. The maximum Gasteiger partial charge on any atom is 0.128 e. The minimum atomic E-state index is -0.632. The molecule has 2 N–H and O–H groups in total. The van der Waals surface area contributed by atoms with Crippen molar-refractivity contribution in [1.29, 1.82) is 0 Å². The quantitative estimate of drug-likeness (QED) is 0.896. The Morgan fingerprint density at radius 2 is 1.94 bits per heavy atom. The Labute approximate surface area is 104 Å². The van der Waals surface area contributed by atoms with Crippen LogP contribution in [0.1, 0.15) is 16.5 Å². The summed E-state index contributed by atoms with van der Waals surface area (Å²) in [5.41, 5.74) is 6.06. The normalized spacial score (nSPS) is 12.8. The Balaban J connectivity index is 2.40. The molecule has 1 heterocycles. The molecule has 84 valence electrons. The number of halogens is 3. The first-order chi connectivity index (χ1) is 7.58. The van der Waals surface area contributed by atoms with E-state index in [9.17, 15) is 8.78 Å². The third-order valence-corrected chi connectivity index (χ3v) is 3.90. The van der Waals surface area contributed by atoms with Gasteiger partial charge in [-0.3, -0.25) is 0 Å². The minimum absolute atomic E-state index is 0.175. The molecule has 1 atom stereocenters. The zero-order chi connectivity index (χ0) is 11.7. The van der Waals surface area contributed by atoms with Crippen molar-refractivity contribution in [2.45, 2.75) is 6.04 Å². The van der Waals surface area contributed by atoms with Crippen LogP contribution in [-0.4, -0.2) is 0 Å². The Kier molecular flexibility index (Phi) is 3.37. The lowest BCUT2D eigenvalue weighted by molar-refractivity contribution is 0.578. The predicted molar refractivity (Wildman–Crippen MR) is 64.4 cm³/mol. The van der Waals surface area contributed by atoms with E-state index in [2.05, 4.69) is 15.9 Å². The van der Waals surface area contributed by atoms with Crippen LogP contribution >= 0.6 is 27.3 Å². The van der Waals surface area contributed by atoms with Crippen molar-refractivity contribution >= 4 is 27.3 Å². The van der Waals surface area contributed by atoms with Crippen LogP contribution in [0, 0.1) is 11.6 Å². The van der Waals surface area contributed by atoms with Gasteiger partial charge in [-0.05, 0) is 46.3 Å². The summed E-state index contributed by atoms with van der Waals surface area (Å²) in [6.07, 6.45) is 0. The predicted octanol–water partition coefficient (Wildman–Crippen LogP) is 3.84. The molecule has 0 saturated heterocycles. The smallest absolute Gasteiger partial charge is 0.128 e. The summed E-state index contributed by atoms with van der Waals surface area (Å²) in [6, 6.07) is 6.30. The number of thiophene rings is 1. The highest BCUT2D eigenvalue weighted by molar-refractivity contribution is 9.11. The van der Waals surface area contributed by atoms with Crippen molar-refractivity contribution in [3.05, 3.63) is 56.2 Å². The van der Waals surface area contributed by atoms with E-state index in [1.165, 1.54) is 11.3 Å². The topological polar surface area (TPSA) is 26.0 Å². The standard InChI is InChI=1S/C11H8BrF2NS/c12-10-4-3-9(16-10)11(15)7-5-6(13)1-2-8(7)14/h1-5,11H,15H2. The van der Waals surface area contributed by atoms with Gasteiger partial charge in [0, 0.05) is 10.4 Å². The van der Waals surface area contributed by atoms with Gasteiger partial charge < -0.3 is 5.73 Å². The molecular weight excluding hydrogens is 296 g/mol. The molecule has 1 unspecified atom stereocenters. The van der Waals surface area contributed by atoms with Crippen molar-refractivity contribution < 1.29 is 8.78 Å². The molecule has 0 saturated carbocycles. The molecule has 1 aromatic carbocycles. The fourth-order valence-electron chi connectivity index (χ4n) is 1.40. The van der Waals surface area contributed by atoms with Crippen molar-refractivity contribution in [2.75, 3.05) is 0 Å². The number of benzene rings is 1. The van der Waals surface area contributed by atoms with Crippen LogP contribution in [0.2, 0.25) is 0 Å². The summed E-state index contributed by atoms with van der Waals surface area (Å²) in [5.74, 6) is -0.971. The van der Waals surface area contributed by atoms with E-state index in [1.807, 2.05) is 6.07 Å². The molecule has 0 bridgehead atoms. The highest BCUT2D eigenvalue weighted by atomic mass is 79.9. The molecule has 1 nitrogen and oxygen atoms in total. The number of nitrogens with two attached hydrogens (primary N) is 1. The molecule has 16 heavy (non-hydrogen) atoms. The van der Waals surface area contributed by atoms with Crippen LogP contribution in [-0.2, 0) is 0 Å². The lowest BCUT2D eigenvalue weighted by Crippen LogP contribution is -2.12. The van der Waals surface area contributed by atoms with Crippen molar-refractivity contribution in [3.63, 3.8) is 0 Å². The van der Waals surface area contributed by atoms with Crippen LogP contribution in [0.25, 0.3) is 0 Å². The average molecular weight is 304 g/mol. The molecule has 5 heteroatoms. The second-order valence-corrected chi connectivity index (χ2v) is 5.78. The molecule has 0 fully saturated rings. The summed E-state index contributed by atoms with van der Waals surface area (Å²) >= 11 is 4.71. The Bertz CT molecular complexity index is 512. The molecule has 0 aliphatic carbocycles. The van der Waals surface area contributed by atoms with E-state index in [1.54, 1.807) is 6.07 Å². The fraction of sp³-hybridized carbons (Fsp3) is 0.0909. The molecule has 0 amide bonds. The summed E-state index contributed by atoms with van der Waals surface area (Å²) in [4.78, 5) is 0.788. The third kappa shape index (κ3) is 2.31. The summed E-state index contributed by atoms with van der Waals surface area (Å²) in [6.45, 7) is 0. The minimum Gasteiger partial charge on any atom is -0.320 e. The van der Waals surface area contributed by atoms with Gasteiger partial charge in [-0.1, -0.05) is 0 Å². The van der Waals surface area contributed by atoms with Gasteiger partial charge in [-0.25, -0.2) is 8.78 Å². The third-order valence-electron chi connectivity index (χ3n) is 2.19. The molecule has 2 rings (SSSR count). The van der Waals surface area contributed by atoms with Crippen molar-refractivity contribution in [1.82, 2.24) is 0 Å². The monoisotopic (exact) mass is 303 g/mol. The molecular formula is C11H8BrF2NS. The van der Waals surface area contributed by atoms with Gasteiger partial charge in [0.1, 0.15) is 11.6 Å². The molecule has 0 aliphatic rings. The molecule has 0 radical (unpaired) electrons. The van der Waals surface area contributed by atoms with Gasteiger partial charge in [-0.2, -0.15) is 0 Å². The number of hydrogen-bond donors (Lipinski definition) is 1. The van der Waals surface area contributed by atoms with Crippen molar-refractivity contribution in [2.24, 2.45) is 5.73 Å². The molecule has 2 aromatic rings. The zero-order valence-corrected chi connectivity index (χ0v) is 10.5. The highest BCUT2D eigenvalue weighted by Crippen LogP contribution is 2.30. The maximum atomic E-state index is 13.5. The van der Waals surface area contributed by atoms with E-state index in [4.69, 9.17) is 5.73 Å². The Morgan fingerprint density at radius 1 is 1.19 bits per heavy atom. The van der Waals surface area contributed by atoms with E-state index < -0.39 is 17.7 Å². The summed E-state index contributed by atoms with van der Waals surface area (Å²) in [5, 5.41) is 0. The average Bonchev–Trinajstić information content (AvgIpc) is 2.67. The van der Waals surface area contributed by atoms with Crippen LogP contribution in [0.5, 0.6) is 0 Å². The van der Waals surface area contributed by atoms with Crippen LogP contribution in [0.4, 0.5) is 8.78 Å². The molecule has 0 aliphatic heterocycles. The van der Waals surface area contributed by atoms with Gasteiger partial charge in [-0.15, -0.1) is 11.3 Å². The van der Waals surface area contributed by atoms with E-state index in [0.717, 1.165) is 26.9 Å². The maximum absolute atomic E-state index is 13.5. The van der Waals surface area contributed by atoms with Crippen LogP contribution in [0.15, 0.2) is 34.1 Å². The van der Waals surface area contributed by atoms with Gasteiger partial charge in [0.25, 0.3) is 0 Å². The van der Waals surface area contributed by atoms with Gasteiger partial charge in [0.2, 0.25) is 0 Å². The summed E-state index contributed by atoms with van der Waals surface area (Å²) in [7, 11) is 0. The number of rotatable bonds is 2. The fourth-order valence-corrected chi connectivity index (χ4v) is 2.85. The Hall–Kier alpha value is -0.780. The molecule has 0 spiro atoms. The first kappa shape index (κ1) is 11.7. The highest BCUT2D eigenvalue weighted by Gasteiger charge is 2.16. The SMILES string of the molecule is NC(c1ccc(Br)s1)c1cc(F)ccc1F. The zero-order valence-electron chi connectivity index (χ0n) is 8.08. The summed E-state index contributed by atoms with van der Waals surface area (Å²) < 4.78 is 27.4. The second-order valence-electron chi connectivity index (χ2n) is 3.29. The van der Waals surface area contributed by atoms with Gasteiger partial charge in [0.15, 0.2) is 0 Å². The first-order valence-electron chi connectivity index (χ1n) is 4.53. The van der Waals surface area contributed by atoms with Crippen LogP contribution < -0.4 is 5.73 Å². The Morgan fingerprint density at radius 3 is 2.56 bits per heavy atom. The van der Waals surface area contributed by atoms with Gasteiger partial charge in [0.05, 0.1) is 9.83 Å². The van der Waals surface area contributed by atoms with E-state index in [0.29, 0.717) is 0 Å². The van der Waals surface area contributed by atoms with Crippen LogP contribution in [0.3, 0.4) is 0 Å². The van der Waals surface area contributed by atoms with Crippen molar-refractivity contribution in [3.8, 4) is 0 Å². The van der Waals surface area contributed by atoms with Gasteiger partial charge >= 0.3 is 0 Å². The van der Waals surface area contributed by atoms with E-state index >= 15 is 0 Å². The lowest BCUT2D eigenvalue weighted by atomic mass is 10.1. The second kappa shape index (κ2) is 4.61. The lowest BCUT2D eigenvalue weighted by Gasteiger charge is -2.10. The largest absolute Gasteiger partial charge is 0.320 e. The van der Waals surface area contributed by atoms with E-state index in [-0.39, 0.29) is 5.56 Å².